The summed E-state index contributed by atoms with van der Waals surface area (Å²) >= 11 is 0. The van der Waals surface area contributed by atoms with Crippen molar-refractivity contribution in [2.24, 2.45) is 22.2 Å². The van der Waals surface area contributed by atoms with Gasteiger partial charge in [0.1, 0.15) is 6.04 Å². The first kappa shape index (κ1) is 16.4. The van der Waals surface area contributed by atoms with Gasteiger partial charge in [-0.15, -0.1) is 0 Å². The van der Waals surface area contributed by atoms with Gasteiger partial charge in [0.05, 0.1) is 6.54 Å². The van der Waals surface area contributed by atoms with Crippen LogP contribution in [0.2, 0.25) is 0 Å². The van der Waals surface area contributed by atoms with Crippen molar-refractivity contribution in [1.82, 2.24) is 5.32 Å². The highest BCUT2D eigenvalue weighted by molar-refractivity contribution is 5.96. The van der Waals surface area contributed by atoms with E-state index in [1.54, 1.807) is 30.3 Å². The van der Waals surface area contributed by atoms with Gasteiger partial charge < -0.3 is 27.6 Å². The standard InChI is InChI=1S/C13H19N5O3/c14-9(7-17-13(15)16)6-10(12(20)21)18-11(19)8-4-2-1-3-5-8/h1-5,9-10H,6-7,14H2,(H,18,19)(H,20,21)(H4,15,16,17)/t9?,10-/m0/s1. The lowest BCUT2D eigenvalue weighted by molar-refractivity contribution is -0.139. The average Bonchev–Trinajstić information content (AvgIpc) is 2.45. The number of guanidine groups is 1. The maximum atomic E-state index is 11.9. The molecule has 0 radical (unpaired) electrons. The minimum Gasteiger partial charge on any atom is -0.480 e. The van der Waals surface area contributed by atoms with Crippen molar-refractivity contribution in [2.75, 3.05) is 6.54 Å². The molecule has 1 rings (SSSR count). The summed E-state index contributed by atoms with van der Waals surface area (Å²) in [5.41, 5.74) is 16.5. The zero-order valence-electron chi connectivity index (χ0n) is 11.4. The highest BCUT2D eigenvalue weighted by Crippen LogP contribution is 2.03. The number of rotatable bonds is 7. The molecule has 0 heterocycles. The SMILES string of the molecule is NC(N)=NCC(N)C[C@H](NC(=O)c1ccccc1)C(=O)O. The van der Waals surface area contributed by atoms with Crippen LogP contribution in [0.3, 0.4) is 0 Å². The number of carbonyl (C=O) groups is 2. The number of aliphatic imine (C=N–C) groups is 1. The Morgan fingerprint density at radius 1 is 1.24 bits per heavy atom. The van der Waals surface area contributed by atoms with Crippen molar-refractivity contribution in [3.63, 3.8) is 0 Å². The van der Waals surface area contributed by atoms with E-state index in [1.807, 2.05) is 0 Å². The van der Waals surface area contributed by atoms with Crippen LogP contribution < -0.4 is 22.5 Å². The Morgan fingerprint density at radius 3 is 2.38 bits per heavy atom. The van der Waals surface area contributed by atoms with Crippen LogP contribution in [0.4, 0.5) is 0 Å². The molecule has 0 fully saturated rings. The Hall–Kier alpha value is -2.61. The maximum absolute atomic E-state index is 11.9. The van der Waals surface area contributed by atoms with E-state index in [2.05, 4.69) is 10.3 Å². The highest BCUT2D eigenvalue weighted by atomic mass is 16.4. The summed E-state index contributed by atoms with van der Waals surface area (Å²) in [7, 11) is 0. The second-order valence-electron chi connectivity index (χ2n) is 4.49. The summed E-state index contributed by atoms with van der Waals surface area (Å²) in [6.07, 6.45) is 0.0185. The first-order valence-electron chi connectivity index (χ1n) is 6.30. The van der Waals surface area contributed by atoms with Crippen LogP contribution in [-0.4, -0.2) is 41.6 Å². The molecule has 0 aromatic heterocycles. The Labute approximate surface area is 122 Å². The third-order valence-electron chi connectivity index (χ3n) is 2.69. The van der Waals surface area contributed by atoms with Crippen LogP contribution in [0.5, 0.6) is 0 Å². The Kier molecular flexibility index (Phi) is 6.15. The number of aliphatic carboxylic acids is 1. The molecule has 0 bridgehead atoms. The molecule has 0 aliphatic carbocycles. The summed E-state index contributed by atoms with van der Waals surface area (Å²) in [6, 6.07) is 6.63. The molecular formula is C13H19N5O3. The van der Waals surface area contributed by atoms with Crippen LogP contribution in [0, 0.1) is 0 Å². The number of amides is 1. The van der Waals surface area contributed by atoms with Gasteiger partial charge in [0.15, 0.2) is 5.96 Å². The minimum atomic E-state index is -1.17. The lowest BCUT2D eigenvalue weighted by Gasteiger charge is -2.18. The number of hydrogen-bond donors (Lipinski definition) is 5. The van der Waals surface area contributed by atoms with Crippen LogP contribution in [0.1, 0.15) is 16.8 Å². The Morgan fingerprint density at radius 2 is 1.86 bits per heavy atom. The van der Waals surface area contributed by atoms with E-state index in [-0.39, 0.29) is 18.9 Å². The molecule has 8 nitrogen and oxygen atoms in total. The van der Waals surface area contributed by atoms with Crippen molar-refractivity contribution in [1.29, 1.82) is 0 Å². The molecule has 0 spiro atoms. The summed E-state index contributed by atoms with van der Waals surface area (Å²) in [6.45, 7) is 0.0906. The van der Waals surface area contributed by atoms with Gasteiger partial charge in [-0.25, -0.2) is 4.79 Å². The van der Waals surface area contributed by atoms with Gasteiger partial charge in [-0.2, -0.15) is 0 Å². The number of carboxylic acids is 1. The van der Waals surface area contributed by atoms with E-state index in [1.165, 1.54) is 0 Å². The molecule has 1 amide bonds. The second kappa shape index (κ2) is 7.85. The molecule has 0 aliphatic heterocycles. The van der Waals surface area contributed by atoms with Gasteiger partial charge in [-0.05, 0) is 18.6 Å². The quantitative estimate of drug-likeness (QED) is 0.316. The average molecular weight is 293 g/mol. The normalized spacial score (nSPS) is 13.0. The largest absolute Gasteiger partial charge is 0.480 e. The van der Waals surface area contributed by atoms with Crippen LogP contribution in [0.25, 0.3) is 0 Å². The first-order chi connectivity index (χ1) is 9.90. The summed E-state index contributed by atoms with van der Waals surface area (Å²) < 4.78 is 0. The predicted octanol–water partition coefficient (Wildman–Crippen LogP) is -1.14. The number of nitrogens with zero attached hydrogens (tertiary/aromatic N) is 1. The van der Waals surface area contributed by atoms with E-state index in [9.17, 15) is 9.59 Å². The molecule has 114 valence electrons. The van der Waals surface area contributed by atoms with Crippen LogP contribution >= 0.6 is 0 Å². The smallest absolute Gasteiger partial charge is 0.326 e. The summed E-state index contributed by atoms with van der Waals surface area (Å²) in [5.74, 6) is -1.76. The number of nitrogens with two attached hydrogens (primary N) is 3. The lowest BCUT2D eigenvalue weighted by Crippen LogP contribution is -2.45. The topological polar surface area (TPSA) is 157 Å². The Bertz CT molecular complexity index is 514. The number of carbonyl (C=O) groups excluding carboxylic acids is 1. The molecule has 1 unspecified atom stereocenters. The molecule has 21 heavy (non-hydrogen) atoms. The van der Waals surface area contributed by atoms with Gasteiger partial charge in [0.25, 0.3) is 5.91 Å². The molecule has 0 aliphatic rings. The van der Waals surface area contributed by atoms with Crippen LogP contribution in [-0.2, 0) is 4.79 Å². The first-order valence-corrected chi connectivity index (χ1v) is 6.30. The van der Waals surface area contributed by atoms with Gasteiger partial charge in [-0.1, -0.05) is 18.2 Å². The zero-order valence-corrected chi connectivity index (χ0v) is 11.4. The molecule has 8 N–H and O–H groups in total. The van der Waals surface area contributed by atoms with Crippen molar-refractivity contribution in [2.45, 2.75) is 18.5 Å². The third-order valence-corrected chi connectivity index (χ3v) is 2.69. The maximum Gasteiger partial charge on any atom is 0.326 e. The molecule has 8 heteroatoms. The number of carboxylic acid groups (broad SMARTS) is 1. The van der Waals surface area contributed by atoms with Gasteiger partial charge in [0, 0.05) is 11.6 Å². The highest BCUT2D eigenvalue weighted by Gasteiger charge is 2.23. The molecule has 0 saturated carbocycles. The molecule has 1 aromatic carbocycles. The Balaban J connectivity index is 2.64. The molecule has 2 atom stereocenters. The molecular weight excluding hydrogens is 274 g/mol. The fourth-order valence-corrected chi connectivity index (χ4v) is 1.65. The number of hydrogen-bond acceptors (Lipinski definition) is 4. The van der Waals surface area contributed by atoms with Crippen molar-refractivity contribution in [3.05, 3.63) is 35.9 Å². The van der Waals surface area contributed by atoms with E-state index in [0.717, 1.165) is 0 Å². The van der Waals surface area contributed by atoms with E-state index in [4.69, 9.17) is 22.3 Å². The fourth-order valence-electron chi connectivity index (χ4n) is 1.65. The second-order valence-corrected chi connectivity index (χ2v) is 4.49. The van der Waals surface area contributed by atoms with Crippen molar-refractivity contribution in [3.8, 4) is 0 Å². The van der Waals surface area contributed by atoms with E-state index >= 15 is 0 Å². The number of nitrogens with one attached hydrogen (secondary N) is 1. The lowest BCUT2D eigenvalue weighted by atomic mass is 10.1. The fraction of sp³-hybridized carbons (Fsp3) is 0.308. The van der Waals surface area contributed by atoms with Crippen LogP contribution in [0.15, 0.2) is 35.3 Å². The summed E-state index contributed by atoms with van der Waals surface area (Å²) in [5, 5.41) is 11.6. The molecule has 1 aromatic rings. The van der Waals surface area contributed by atoms with E-state index < -0.39 is 24.0 Å². The summed E-state index contributed by atoms with van der Waals surface area (Å²) in [4.78, 5) is 26.8. The van der Waals surface area contributed by atoms with E-state index in [0.29, 0.717) is 5.56 Å². The van der Waals surface area contributed by atoms with Gasteiger partial charge in [0.2, 0.25) is 0 Å². The predicted molar refractivity (Wildman–Crippen MR) is 78.6 cm³/mol. The molecule has 0 saturated heterocycles. The van der Waals surface area contributed by atoms with Gasteiger partial charge >= 0.3 is 5.97 Å². The zero-order chi connectivity index (χ0) is 15.8. The number of benzene rings is 1. The minimum absolute atomic E-state index is 0.0185. The van der Waals surface area contributed by atoms with Gasteiger partial charge in [-0.3, -0.25) is 9.79 Å². The monoisotopic (exact) mass is 293 g/mol. The van der Waals surface area contributed by atoms with Crippen molar-refractivity contribution >= 4 is 17.8 Å². The van der Waals surface area contributed by atoms with Crippen molar-refractivity contribution < 1.29 is 14.7 Å². The third kappa shape index (κ3) is 5.91.